The zero-order valence-electron chi connectivity index (χ0n) is 9.07. The molecule has 0 atom stereocenters. The van der Waals surface area contributed by atoms with Crippen molar-refractivity contribution in [1.82, 2.24) is 10.2 Å². The number of nitrogens with two attached hydrogens (primary N) is 1. The molecule has 94 valence electrons. The van der Waals surface area contributed by atoms with E-state index in [1.54, 1.807) is 17.6 Å². The van der Waals surface area contributed by atoms with Gasteiger partial charge in [0.25, 0.3) is 5.69 Å². The van der Waals surface area contributed by atoms with Crippen LogP contribution in [0.15, 0.2) is 28.0 Å². The molecule has 1 aromatic heterocycles. The molecule has 2 rings (SSSR count). The van der Waals surface area contributed by atoms with Crippen molar-refractivity contribution in [1.29, 1.82) is 0 Å². The predicted octanol–water partition coefficient (Wildman–Crippen LogP) is 2.02. The number of nitrogens with one attached hydrogen (secondary N) is 1. The SMILES string of the molecule is NNc1ccc(CSc2nncs2)cc1[N+](=O)[O-]. The van der Waals surface area contributed by atoms with Gasteiger partial charge in [-0.3, -0.25) is 16.0 Å². The van der Waals surface area contributed by atoms with E-state index >= 15 is 0 Å². The maximum absolute atomic E-state index is 10.8. The summed E-state index contributed by atoms with van der Waals surface area (Å²) in [4.78, 5) is 10.4. The molecule has 0 saturated heterocycles. The highest BCUT2D eigenvalue weighted by Gasteiger charge is 2.13. The highest BCUT2D eigenvalue weighted by atomic mass is 32.2. The van der Waals surface area contributed by atoms with Crippen LogP contribution in [0.3, 0.4) is 0 Å². The van der Waals surface area contributed by atoms with Gasteiger partial charge >= 0.3 is 0 Å². The Morgan fingerprint density at radius 3 is 3.00 bits per heavy atom. The summed E-state index contributed by atoms with van der Waals surface area (Å²) in [6, 6.07) is 4.88. The fraction of sp³-hybridized carbons (Fsp3) is 0.111. The molecule has 9 heteroatoms. The van der Waals surface area contributed by atoms with E-state index in [2.05, 4.69) is 15.6 Å². The number of hydrogen-bond acceptors (Lipinski definition) is 8. The Bertz CT molecular complexity index is 546. The van der Waals surface area contributed by atoms with E-state index in [0.29, 0.717) is 11.4 Å². The number of aromatic nitrogens is 2. The molecule has 7 nitrogen and oxygen atoms in total. The standard InChI is InChI=1S/C9H9N5O2S2/c10-12-7-2-1-6(3-8(7)14(15)16)4-17-9-13-11-5-18-9/h1-3,5,12H,4,10H2. The number of nitrogen functional groups attached to an aromatic ring is 1. The minimum Gasteiger partial charge on any atom is -0.318 e. The quantitative estimate of drug-likeness (QED) is 0.374. The van der Waals surface area contributed by atoms with E-state index in [1.807, 2.05) is 0 Å². The van der Waals surface area contributed by atoms with Gasteiger partial charge in [0.2, 0.25) is 0 Å². The molecule has 18 heavy (non-hydrogen) atoms. The van der Waals surface area contributed by atoms with Gasteiger partial charge in [-0.05, 0) is 11.6 Å². The molecule has 0 saturated carbocycles. The lowest BCUT2D eigenvalue weighted by molar-refractivity contribution is -0.384. The lowest BCUT2D eigenvalue weighted by Crippen LogP contribution is -2.09. The minimum atomic E-state index is -0.464. The van der Waals surface area contributed by atoms with E-state index < -0.39 is 4.92 Å². The number of nitrogens with zero attached hydrogens (tertiary/aromatic N) is 3. The first-order chi connectivity index (χ1) is 8.70. The summed E-state index contributed by atoms with van der Waals surface area (Å²) >= 11 is 2.92. The summed E-state index contributed by atoms with van der Waals surface area (Å²) in [6.45, 7) is 0. The van der Waals surface area contributed by atoms with Gasteiger partial charge < -0.3 is 5.43 Å². The Hall–Kier alpha value is -1.71. The fourth-order valence-electron chi connectivity index (χ4n) is 1.31. The van der Waals surface area contributed by atoms with Crippen molar-refractivity contribution in [3.8, 4) is 0 Å². The van der Waals surface area contributed by atoms with Crippen LogP contribution in [0.4, 0.5) is 11.4 Å². The van der Waals surface area contributed by atoms with Crippen LogP contribution in [0, 0.1) is 10.1 Å². The van der Waals surface area contributed by atoms with Crippen LogP contribution in [-0.4, -0.2) is 15.1 Å². The van der Waals surface area contributed by atoms with Crippen LogP contribution in [-0.2, 0) is 5.75 Å². The third-order valence-corrected chi connectivity index (χ3v) is 4.05. The van der Waals surface area contributed by atoms with Crippen molar-refractivity contribution in [3.05, 3.63) is 39.4 Å². The van der Waals surface area contributed by atoms with Gasteiger partial charge in [-0.15, -0.1) is 10.2 Å². The van der Waals surface area contributed by atoms with E-state index in [-0.39, 0.29) is 5.69 Å². The maximum atomic E-state index is 10.8. The number of rotatable bonds is 5. The van der Waals surface area contributed by atoms with Gasteiger partial charge in [0, 0.05) is 11.8 Å². The number of benzene rings is 1. The Morgan fingerprint density at radius 1 is 1.56 bits per heavy atom. The van der Waals surface area contributed by atoms with E-state index in [0.717, 1.165) is 9.90 Å². The summed E-state index contributed by atoms with van der Waals surface area (Å²) in [5.41, 5.74) is 5.05. The van der Waals surface area contributed by atoms with Crippen molar-refractivity contribution in [2.45, 2.75) is 10.1 Å². The van der Waals surface area contributed by atoms with Crippen LogP contribution in [0.25, 0.3) is 0 Å². The molecule has 3 N–H and O–H groups in total. The smallest absolute Gasteiger partial charge is 0.293 e. The van der Waals surface area contributed by atoms with Gasteiger partial charge in [-0.1, -0.05) is 29.2 Å². The number of thioether (sulfide) groups is 1. The van der Waals surface area contributed by atoms with Crippen LogP contribution in [0.2, 0.25) is 0 Å². The maximum Gasteiger partial charge on any atom is 0.293 e. The van der Waals surface area contributed by atoms with Crippen LogP contribution in [0.1, 0.15) is 5.56 Å². The predicted molar refractivity (Wildman–Crippen MR) is 70.4 cm³/mol. The van der Waals surface area contributed by atoms with E-state index in [4.69, 9.17) is 5.84 Å². The van der Waals surface area contributed by atoms with Crippen LogP contribution < -0.4 is 11.3 Å². The molecular weight excluding hydrogens is 274 g/mol. The average molecular weight is 283 g/mol. The number of nitro groups is 1. The van der Waals surface area contributed by atoms with Gasteiger partial charge in [0.05, 0.1) is 4.92 Å². The zero-order chi connectivity index (χ0) is 13.0. The number of hydrogen-bond donors (Lipinski definition) is 2. The topological polar surface area (TPSA) is 107 Å². The molecule has 1 heterocycles. The molecule has 1 aromatic carbocycles. The molecule has 2 aromatic rings. The molecule has 0 bridgehead atoms. The van der Waals surface area contributed by atoms with Crippen molar-refractivity contribution in [3.63, 3.8) is 0 Å². The highest BCUT2D eigenvalue weighted by Crippen LogP contribution is 2.29. The van der Waals surface area contributed by atoms with Crippen LogP contribution in [0.5, 0.6) is 0 Å². The molecule has 0 aliphatic heterocycles. The monoisotopic (exact) mass is 283 g/mol. The average Bonchev–Trinajstić information content (AvgIpc) is 2.89. The Balaban J connectivity index is 2.14. The first-order valence-electron chi connectivity index (χ1n) is 4.83. The molecule has 0 fully saturated rings. The van der Waals surface area contributed by atoms with Gasteiger partial charge in [0.1, 0.15) is 11.2 Å². The van der Waals surface area contributed by atoms with E-state index in [1.165, 1.54) is 29.2 Å². The van der Waals surface area contributed by atoms with Crippen molar-refractivity contribution >= 4 is 34.5 Å². The summed E-state index contributed by atoms with van der Waals surface area (Å²) in [5.74, 6) is 5.81. The van der Waals surface area contributed by atoms with Crippen molar-refractivity contribution in [2.75, 3.05) is 5.43 Å². The first kappa shape index (κ1) is 12.7. The van der Waals surface area contributed by atoms with E-state index in [9.17, 15) is 10.1 Å². The third-order valence-electron chi connectivity index (χ3n) is 2.12. The minimum absolute atomic E-state index is 0.0344. The third kappa shape index (κ3) is 2.94. The Labute approximate surface area is 111 Å². The molecule has 0 spiro atoms. The van der Waals surface area contributed by atoms with Gasteiger partial charge in [0.15, 0.2) is 4.34 Å². The first-order valence-corrected chi connectivity index (χ1v) is 6.70. The largest absolute Gasteiger partial charge is 0.318 e. The Morgan fingerprint density at radius 2 is 2.39 bits per heavy atom. The number of anilines is 1. The van der Waals surface area contributed by atoms with Gasteiger partial charge in [-0.25, -0.2) is 0 Å². The molecular formula is C9H9N5O2S2. The van der Waals surface area contributed by atoms with Crippen molar-refractivity contribution in [2.24, 2.45) is 5.84 Å². The molecule has 0 aliphatic carbocycles. The summed E-state index contributed by atoms with van der Waals surface area (Å²) in [7, 11) is 0. The molecule has 0 unspecified atom stereocenters. The van der Waals surface area contributed by atoms with Crippen LogP contribution >= 0.6 is 23.1 Å². The van der Waals surface area contributed by atoms with Gasteiger partial charge in [-0.2, -0.15) is 0 Å². The van der Waals surface area contributed by atoms with Crippen molar-refractivity contribution < 1.29 is 4.92 Å². The second kappa shape index (κ2) is 5.76. The fourth-order valence-corrected chi connectivity index (χ4v) is 2.74. The lowest BCUT2D eigenvalue weighted by Gasteiger charge is -2.04. The molecule has 0 aliphatic rings. The molecule has 0 amide bonds. The number of nitro benzene ring substituents is 1. The second-order valence-corrected chi connectivity index (χ2v) is 5.30. The second-order valence-electron chi connectivity index (χ2n) is 3.25. The Kier molecular flexibility index (Phi) is 4.07. The summed E-state index contributed by atoms with van der Waals surface area (Å²) in [6.07, 6.45) is 0. The zero-order valence-corrected chi connectivity index (χ0v) is 10.7. The lowest BCUT2D eigenvalue weighted by atomic mass is 10.2. The number of hydrazine groups is 1. The molecule has 0 radical (unpaired) electrons. The normalized spacial score (nSPS) is 10.3. The summed E-state index contributed by atoms with van der Waals surface area (Å²) in [5, 5.41) is 18.5. The highest BCUT2D eigenvalue weighted by molar-refractivity contribution is 8.00. The summed E-state index contributed by atoms with van der Waals surface area (Å²) < 4.78 is 0.832.